The molecule has 1 aromatic carbocycles. The van der Waals surface area contributed by atoms with Crippen LogP contribution >= 0.6 is 11.8 Å². The van der Waals surface area contributed by atoms with Gasteiger partial charge in [0.2, 0.25) is 4.93 Å². The molecular formula is C21H30N4O7S. The molecular weight excluding hydrogens is 452 g/mol. The van der Waals surface area contributed by atoms with Crippen LogP contribution in [0.1, 0.15) is 12.8 Å². The van der Waals surface area contributed by atoms with Gasteiger partial charge in [-0.05, 0) is 12.2 Å². The van der Waals surface area contributed by atoms with E-state index in [4.69, 9.17) is 20.3 Å². The molecule has 3 rings (SSSR count). The van der Waals surface area contributed by atoms with E-state index >= 15 is 0 Å². The third-order valence-electron chi connectivity index (χ3n) is 5.52. The van der Waals surface area contributed by atoms with E-state index < -0.39 is 48.0 Å². The normalized spacial score (nSPS) is 27.2. The number of hydrogen-bond acceptors (Lipinski definition) is 11. The summed E-state index contributed by atoms with van der Waals surface area (Å²) >= 11 is 1.12. The molecule has 1 unspecified atom stereocenters. The van der Waals surface area contributed by atoms with E-state index in [0.29, 0.717) is 18.7 Å². The number of carbonyl (C=O) groups excluding carboxylic acids is 1. The zero-order chi connectivity index (χ0) is 24.0. The summed E-state index contributed by atoms with van der Waals surface area (Å²) in [6.45, 7) is -0.202. The molecule has 1 aromatic heterocycles. The topological polar surface area (TPSA) is 173 Å². The minimum atomic E-state index is -1.62. The Morgan fingerprint density at radius 1 is 1.39 bits per heavy atom. The molecule has 2 heterocycles. The first-order chi connectivity index (χ1) is 15.8. The molecule has 33 heavy (non-hydrogen) atoms. The van der Waals surface area contributed by atoms with Gasteiger partial charge in [-0.3, -0.25) is 4.68 Å². The molecule has 6 atom stereocenters. The summed E-state index contributed by atoms with van der Waals surface area (Å²) in [5.41, 5.74) is 7.66. The number of thioether (sulfide) groups is 1. The summed E-state index contributed by atoms with van der Waals surface area (Å²) in [7, 11) is 1.20. The molecule has 1 aliphatic heterocycles. The van der Waals surface area contributed by atoms with Gasteiger partial charge in [0, 0.05) is 18.5 Å². The van der Waals surface area contributed by atoms with Crippen LogP contribution in [-0.2, 0) is 20.8 Å². The van der Waals surface area contributed by atoms with E-state index in [0.717, 1.165) is 23.0 Å². The minimum Gasteiger partial charge on any atom is -0.466 e. The third-order valence-corrected chi connectivity index (χ3v) is 6.91. The summed E-state index contributed by atoms with van der Waals surface area (Å²) in [4.78, 5) is 11.0. The fourth-order valence-corrected chi connectivity index (χ4v) is 4.92. The number of aromatic nitrogens is 3. The van der Waals surface area contributed by atoms with Crippen molar-refractivity contribution in [2.45, 2.75) is 54.8 Å². The highest BCUT2D eigenvalue weighted by Gasteiger charge is 2.54. The van der Waals surface area contributed by atoms with E-state index in [1.165, 1.54) is 7.11 Å². The van der Waals surface area contributed by atoms with Gasteiger partial charge >= 0.3 is 5.97 Å². The van der Waals surface area contributed by atoms with Crippen LogP contribution in [0.2, 0.25) is 0 Å². The SMILES string of the molecule is COC(=O)[C@@]1(SCCCn2cc(-c3ccccc3)nn2)C[C@@H](O)[C@@H](N)C([C@H](O)[C@H](O)CO)O1. The van der Waals surface area contributed by atoms with Gasteiger partial charge in [0.1, 0.15) is 24.0 Å². The second-order valence-corrected chi connectivity index (χ2v) is 9.21. The lowest BCUT2D eigenvalue weighted by atomic mass is 9.90. The van der Waals surface area contributed by atoms with Gasteiger partial charge in [-0.15, -0.1) is 16.9 Å². The fraction of sp³-hybridized carbons (Fsp3) is 0.571. The van der Waals surface area contributed by atoms with Crippen molar-refractivity contribution in [3.05, 3.63) is 36.5 Å². The first-order valence-electron chi connectivity index (χ1n) is 10.6. The molecule has 0 radical (unpaired) electrons. The molecule has 1 saturated heterocycles. The number of hydrogen-bond donors (Lipinski definition) is 5. The van der Waals surface area contributed by atoms with Gasteiger partial charge in [-0.25, -0.2) is 4.79 Å². The molecule has 12 heteroatoms. The zero-order valence-corrected chi connectivity index (χ0v) is 19.0. The monoisotopic (exact) mass is 482 g/mol. The average Bonchev–Trinajstić information content (AvgIpc) is 3.32. The van der Waals surface area contributed by atoms with E-state index in [1.807, 2.05) is 36.5 Å². The third kappa shape index (κ3) is 5.90. The van der Waals surface area contributed by atoms with Gasteiger partial charge in [0.25, 0.3) is 0 Å². The van der Waals surface area contributed by atoms with Crippen molar-refractivity contribution < 1.29 is 34.7 Å². The molecule has 1 fully saturated rings. The standard InChI is InChI=1S/C21H30N4O7S/c1-31-20(30)21(10-15(27)17(22)19(32-21)18(29)16(28)12-26)33-9-5-8-25-11-14(23-24-25)13-6-3-2-4-7-13/h2-4,6-7,11,15-19,26-29H,5,8-10,12,22H2,1H3/t15-,16-,17-,18-,19?,21+/m1/s1. The molecule has 11 nitrogen and oxygen atoms in total. The quantitative estimate of drug-likeness (QED) is 0.210. The second kappa shape index (κ2) is 11.4. The largest absolute Gasteiger partial charge is 0.466 e. The van der Waals surface area contributed by atoms with Gasteiger partial charge in [0.05, 0.1) is 32.1 Å². The number of esters is 1. The maximum atomic E-state index is 12.6. The first-order valence-corrected chi connectivity index (χ1v) is 11.6. The number of aliphatic hydroxyl groups is 4. The highest BCUT2D eigenvalue weighted by molar-refractivity contribution is 8.01. The Balaban J connectivity index is 1.64. The zero-order valence-electron chi connectivity index (χ0n) is 18.2. The lowest BCUT2D eigenvalue weighted by molar-refractivity contribution is -0.203. The Morgan fingerprint density at radius 2 is 2.12 bits per heavy atom. The van der Waals surface area contributed by atoms with Crippen LogP contribution in [0.5, 0.6) is 0 Å². The Morgan fingerprint density at radius 3 is 2.79 bits per heavy atom. The van der Waals surface area contributed by atoms with Crippen molar-refractivity contribution in [3.8, 4) is 11.3 Å². The second-order valence-electron chi connectivity index (χ2n) is 7.85. The van der Waals surface area contributed by atoms with Crippen LogP contribution in [-0.4, -0.2) is 96.2 Å². The highest BCUT2D eigenvalue weighted by Crippen LogP contribution is 2.40. The van der Waals surface area contributed by atoms with Crippen LogP contribution in [0.15, 0.2) is 36.5 Å². The molecule has 6 N–H and O–H groups in total. The van der Waals surface area contributed by atoms with E-state index in [9.17, 15) is 20.1 Å². The molecule has 1 aliphatic rings. The van der Waals surface area contributed by atoms with E-state index in [1.54, 1.807) is 4.68 Å². The van der Waals surface area contributed by atoms with E-state index in [-0.39, 0.29) is 6.42 Å². The van der Waals surface area contributed by atoms with Gasteiger partial charge in [0.15, 0.2) is 0 Å². The van der Waals surface area contributed by atoms with Gasteiger partial charge in [-0.1, -0.05) is 35.5 Å². The fourth-order valence-electron chi connectivity index (χ4n) is 3.65. The molecule has 0 aliphatic carbocycles. The number of nitrogens with zero attached hydrogens (tertiary/aromatic N) is 3. The number of aliphatic hydroxyl groups excluding tert-OH is 4. The first kappa shape index (κ1) is 25.6. The maximum Gasteiger partial charge on any atom is 0.348 e. The highest BCUT2D eigenvalue weighted by atomic mass is 32.2. The van der Waals surface area contributed by atoms with Gasteiger partial charge in [-0.2, -0.15) is 0 Å². The summed E-state index contributed by atoms with van der Waals surface area (Å²) in [6, 6.07) is 8.59. The number of methoxy groups -OCH3 is 1. The number of nitrogens with two attached hydrogens (primary N) is 1. The smallest absolute Gasteiger partial charge is 0.348 e. The van der Waals surface area contributed by atoms with Crippen molar-refractivity contribution in [2.24, 2.45) is 5.73 Å². The summed E-state index contributed by atoms with van der Waals surface area (Å²) < 4.78 is 12.5. The Bertz CT molecular complexity index is 902. The van der Waals surface area contributed by atoms with Crippen LogP contribution in [0, 0.1) is 0 Å². The van der Waals surface area contributed by atoms with Crippen LogP contribution in [0.3, 0.4) is 0 Å². The Hall–Kier alpha value is -2.06. The van der Waals surface area contributed by atoms with Crippen molar-refractivity contribution in [1.29, 1.82) is 0 Å². The molecule has 2 aromatic rings. The van der Waals surface area contributed by atoms with Crippen LogP contribution < -0.4 is 5.73 Å². The number of rotatable bonds is 10. The molecule has 182 valence electrons. The van der Waals surface area contributed by atoms with Crippen LogP contribution in [0.4, 0.5) is 0 Å². The van der Waals surface area contributed by atoms with Crippen molar-refractivity contribution in [1.82, 2.24) is 15.0 Å². The van der Waals surface area contributed by atoms with E-state index in [2.05, 4.69) is 10.3 Å². The summed E-state index contributed by atoms with van der Waals surface area (Å²) in [5, 5.41) is 48.1. The molecule has 0 bridgehead atoms. The number of aryl methyl sites for hydroxylation is 1. The molecule has 0 saturated carbocycles. The number of benzene rings is 1. The lowest BCUT2D eigenvalue weighted by Crippen LogP contribution is -2.64. The summed E-state index contributed by atoms with van der Waals surface area (Å²) in [5.74, 6) is -0.301. The molecule has 0 spiro atoms. The van der Waals surface area contributed by atoms with Crippen LogP contribution in [0.25, 0.3) is 11.3 Å². The average molecular weight is 483 g/mol. The van der Waals surface area contributed by atoms with Crippen molar-refractivity contribution >= 4 is 17.7 Å². The lowest BCUT2D eigenvalue weighted by Gasteiger charge is -2.45. The maximum absolute atomic E-state index is 12.6. The van der Waals surface area contributed by atoms with Crippen molar-refractivity contribution in [2.75, 3.05) is 19.5 Å². The predicted molar refractivity (Wildman–Crippen MR) is 120 cm³/mol. The summed E-state index contributed by atoms with van der Waals surface area (Å²) in [6.07, 6.45) is -3.34. The van der Waals surface area contributed by atoms with Gasteiger partial charge < -0.3 is 35.6 Å². The molecule has 0 amide bonds. The number of ether oxygens (including phenoxy) is 2. The Kier molecular flexibility index (Phi) is 8.82. The predicted octanol–water partition coefficient (Wildman–Crippen LogP) is -0.871. The minimum absolute atomic E-state index is 0.147. The number of carbonyl (C=O) groups is 1. The Labute approximate surface area is 195 Å². The van der Waals surface area contributed by atoms with Crippen molar-refractivity contribution in [3.63, 3.8) is 0 Å².